The summed E-state index contributed by atoms with van der Waals surface area (Å²) in [6, 6.07) is 0. The van der Waals surface area contributed by atoms with Crippen molar-refractivity contribution in [2.24, 2.45) is 0 Å². The molecule has 1 aliphatic rings. The van der Waals surface area contributed by atoms with E-state index in [9.17, 15) is 13.2 Å². The number of ether oxygens (including phenoxy) is 1. The second-order valence-corrected chi connectivity index (χ2v) is 1.53. The Kier molecular flexibility index (Phi) is 1.60. The van der Waals surface area contributed by atoms with Gasteiger partial charge in [-0.1, -0.05) is 0 Å². The predicted molar refractivity (Wildman–Crippen MR) is 25.0 cm³/mol. The lowest BCUT2D eigenvalue weighted by molar-refractivity contribution is -0.307. The molecule has 1 aliphatic heterocycles. The fourth-order valence-corrected chi connectivity index (χ4v) is 0.470. The van der Waals surface area contributed by atoms with E-state index < -0.39 is 12.2 Å². The Morgan fingerprint density at radius 2 is 2.20 bits per heavy atom. The van der Waals surface area contributed by atoms with Gasteiger partial charge in [0.15, 0.2) is 0 Å². The molecule has 0 aromatic heterocycles. The van der Waals surface area contributed by atoms with Crippen LogP contribution in [0.15, 0.2) is 5.88 Å². The van der Waals surface area contributed by atoms with E-state index in [0.29, 0.717) is 0 Å². The van der Waals surface area contributed by atoms with E-state index in [1.807, 2.05) is 0 Å². The fourth-order valence-electron chi connectivity index (χ4n) is 0.470. The molecule has 0 amide bonds. The van der Waals surface area contributed by atoms with E-state index in [4.69, 9.17) is 0 Å². The number of hydrogen-bond donors (Lipinski definition) is 2. The maximum atomic E-state index is 11.4. The Bertz CT molecular complexity index is 153. The zero-order chi connectivity index (χ0) is 7.61. The smallest absolute Gasteiger partial charge is 0.388 e. The fraction of sp³-hybridized carbons (Fsp3) is 0.500. The van der Waals surface area contributed by atoms with E-state index in [1.54, 1.807) is 0 Å². The second kappa shape index (κ2) is 2.28. The summed E-state index contributed by atoms with van der Waals surface area (Å²) >= 11 is 0. The summed E-state index contributed by atoms with van der Waals surface area (Å²) in [6.45, 7) is 0.214. The molecule has 0 atom stereocenters. The van der Waals surface area contributed by atoms with E-state index >= 15 is 0 Å². The predicted octanol–water partition coefficient (Wildman–Crippen LogP) is 0.275. The van der Waals surface area contributed by atoms with Crippen LogP contribution in [0.1, 0.15) is 0 Å². The Hall–Kier alpha value is -1.07. The van der Waals surface area contributed by atoms with Crippen molar-refractivity contribution >= 4 is 0 Å². The summed E-state index contributed by atoms with van der Waals surface area (Å²) in [5.74, 6) is -0.424. The van der Waals surface area contributed by atoms with Gasteiger partial charge in [0.2, 0.25) is 5.88 Å². The van der Waals surface area contributed by atoms with Crippen LogP contribution in [-0.4, -0.2) is 13.0 Å². The Labute approximate surface area is 54.8 Å². The van der Waals surface area contributed by atoms with Gasteiger partial charge in [-0.05, 0) is 0 Å². The minimum Gasteiger partial charge on any atom is -0.388 e. The van der Waals surface area contributed by atoms with Crippen molar-refractivity contribution in [1.29, 1.82) is 0 Å². The number of alkyl halides is 3. The minimum atomic E-state index is -4.64. The quantitative estimate of drug-likeness (QED) is 0.567. The van der Waals surface area contributed by atoms with Gasteiger partial charge in [-0.15, -0.1) is 13.2 Å². The van der Waals surface area contributed by atoms with Crippen molar-refractivity contribution < 1.29 is 17.9 Å². The molecule has 0 saturated carbocycles. The lowest BCUT2D eigenvalue weighted by atomic mass is 10.8. The van der Waals surface area contributed by atoms with Gasteiger partial charge in [0, 0.05) is 0 Å². The molecule has 6 heteroatoms. The third kappa shape index (κ3) is 2.04. The van der Waals surface area contributed by atoms with E-state index in [-0.39, 0.29) is 6.67 Å². The molecule has 1 radical (unpaired) electrons. The zero-order valence-electron chi connectivity index (χ0n) is 4.75. The maximum Gasteiger partial charge on any atom is 0.574 e. The van der Waals surface area contributed by atoms with Crippen molar-refractivity contribution in [3.05, 3.63) is 12.1 Å². The van der Waals surface area contributed by atoms with Crippen LogP contribution in [0, 0.1) is 6.20 Å². The molecule has 0 aromatic carbocycles. The number of nitrogens with one attached hydrogen (secondary N) is 2. The molecule has 0 unspecified atom stereocenters. The van der Waals surface area contributed by atoms with Crippen LogP contribution in [0.2, 0.25) is 0 Å². The summed E-state index contributed by atoms with van der Waals surface area (Å²) < 4.78 is 37.5. The molecule has 0 fully saturated rings. The number of rotatable bonds is 1. The normalized spacial score (nSPS) is 17.3. The lowest BCUT2D eigenvalue weighted by Gasteiger charge is -2.07. The molecule has 1 rings (SSSR count). The third-order valence-corrected chi connectivity index (χ3v) is 0.757. The molecule has 0 aliphatic carbocycles. The molecule has 1 heterocycles. The highest BCUT2D eigenvalue weighted by atomic mass is 19.4. The first kappa shape index (κ1) is 7.04. The largest absolute Gasteiger partial charge is 0.574 e. The molecule has 2 N–H and O–H groups in total. The first-order valence-corrected chi connectivity index (χ1v) is 2.43. The number of halogens is 3. The lowest BCUT2D eigenvalue weighted by Crippen LogP contribution is -2.21. The third-order valence-electron chi connectivity index (χ3n) is 0.757. The first-order chi connectivity index (χ1) is 4.58. The summed E-state index contributed by atoms with van der Waals surface area (Å²) in [7, 11) is 0. The van der Waals surface area contributed by atoms with Crippen molar-refractivity contribution in [3.8, 4) is 0 Å². The average molecular weight is 153 g/mol. The molecule has 0 spiro atoms. The highest BCUT2D eigenvalue weighted by Gasteiger charge is 2.32. The minimum absolute atomic E-state index is 0.214. The van der Waals surface area contributed by atoms with Crippen LogP contribution >= 0.6 is 0 Å². The molecule has 10 heavy (non-hydrogen) atoms. The molecule has 0 bridgehead atoms. The van der Waals surface area contributed by atoms with Gasteiger partial charge in [-0.25, -0.2) is 0 Å². The molecule has 0 saturated heterocycles. The molecule has 57 valence electrons. The molecular weight excluding hydrogens is 149 g/mol. The van der Waals surface area contributed by atoms with E-state index in [1.165, 1.54) is 0 Å². The molecular formula is C4H4F3N2O. The average Bonchev–Trinajstić information content (AvgIpc) is 2.12. The number of hydrogen-bond acceptors (Lipinski definition) is 3. The highest BCUT2D eigenvalue weighted by Crippen LogP contribution is 2.19. The Morgan fingerprint density at radius 3 is 2.60 bits per heavy atom. The Morgan fingerprint density at radius 1 is 1.50 bits per heavy atom. The van der Waals surface area contributed by atoms with Crippen molar-refractivity contribution in [3.63, 3.8) is 0 Å². The standard InChI is InChI=1S/C4H4F3N2O/c5-4(6,7)10-3-1-8-2-9-3/h8-9H,2H2. The van der Waals surface area contributed by atoms with E-state index in [0.717, 1.165) is 0 Å². The highest BCUT2D eigenvalue weighted by molar-refractivity contribution is 4.88. The van der Waals surface area contributed by atoms with Crippen LogP contribution in [-0.2, 0) is 4.74 Å². The van der Waals surface area contributed by atoms with Crippen LogP contribution in [0.25, 0.3) is 0 Å². The van der Waals surface area contributed by atoms with Crippen LogP contribution in [0.3, 0.4) is 0 Å². The van der Waals surface area contributed by atoms with Gasteiger partial charge in [0.1, 0.15) is 6.20 Å². The van der Waals surface area contributed by atoms with Gasteiger partial charge in [0.25, 0.3) is 0 Å². The van der Waals surface area contributed by atoms with Crippen molar-refractivity contribution in [2.45, 2.75) is 6.36 Å². The zero-order valence-corrected chi connectivity index (χ0v) is 4.75. The summed E-state index contributed by atoms with van der Waals surface area (Å²) in [4.78, 5) is 0. The van der Waals surface area contributed by atoms with Gasteiger partial charge in [0.05, 0.1) is 6.67 Å². The SMILES string of the molecule is FC(F)(F)OC1=[C]NCN1. The second-order valence-electron chi connectivity index (χ2n) is 1.53. The van der Waals surface area contributed by atoms with Crippen LogP contribution < -0.4 is 10.6 Å². The van der Waals surface area contributed by atoms with Gasteiger partial charge in [-0.3, -0.25) is 0 Å². The van der Waals surface area contributed by atoms with Crippen molar-refractivity contribution in [2.75, 3.05) is 6.67 Å². The first-order valence-electron chi connectivity index (χ1n) is 2.43. The van der Waals surface area contributed by atoms with E-state index in [2.05, 4.69) is 21.6 Å². The summed E-state index contributed by atoms with van der Waals surface area (Å²) in [5.41, 5.74) is 0. The molecule has 3 nitrogen and oxygen atoms in total. The topological polar surface area (TPSA) is 33.3 Å². The maximum absolute atomic E-state index is 11.4. The van der Waals surface area contributed by atoms with Gasteiger partial charge in [-0.2, -0.15) is 0 Å². The molecule has 0 aromatic rings. The monoisotopic (exact) mass is 153 g/mol. The summed E-state index contributed by atoms with van der Waals surface area (Å²) in [5, 5.41) is 4.64. The van der Waals surface area contributed by atoms with Crippen LogP contribution in [0.4, 0.5) is 13.2 Å². The summed E-state index contributed by atoms with van der Waals surface area (Å²) in [6.07, 6.45) is -2.51. The van der Waals surface area contributed by atoms with Crippen molar-refractivity contribution in [1.82, 2.24) is 10.6 Å². The van der Waals surface area contributed by atoms with Crippen LogP contribution in [0.5, 0.6) is 0 Å². The Balaban J connectivity index is 2.38. The van der Waals surface area contributed by atoms with Gasteiger partial charge < -0.3 is 15.4 Å². The van der Waals surface area contributed by atoms with Gasteiger partial charge >= 0.3 is 6.36 Å².